The van der Waals surface area contributed by atoms with Crippen LogP contribution in [-0.4, -0.2) is 58.4 Å². The molecule has 0 spiro atoms. The number of hydrogen-bond donors (Lipinski definition) is 0. The predicted molar refractivity (Wildman–Crippen MR) is 85.8 cm³/mol. The average Bonchev–Trinajstić information content (AvgIpc) is 2.68. The first-order valence-electron chi connectivity index (χ1n) is 8.45. The zero-order valence-corrected chi connectivity index (χ0v) is 13.7. The van der Waals surface area contributed by atoms with Crippen LogP contribution in [0.1, 0.15) is 47.4 Å². The molecule has 0 radical (unpaired) electrons. The average molecular weight is 302 g/mol. The van der Waals surface area contributed by atoms with Crippen LogP contribution in [0.25, 0.3) is 0 Å². The number of rotatable bonds is 3. The molecule has 2 heterocycles. The number of aryl methyl sites for hydroxylation is 2. The van der Waals surface area contributed by atoms with E-state index in [1.54, 1.807) is 0 Å². The number of amides is 1. The molecule has 1 aliphatic carbocycles. The van der Waals surface area contributed by atoms with E-state index in [1.807, 2.05) is 18.7 Å². The number of aromatic nitrogens is 2. The molecule has 1 saturated carbocycles. The molecule has 0 aromatic carbocycles. The summed E-state index contributed by atoms with van der Waals surface area (Å²) in [5, 5.41) is 0. The van der Waals surface area contributed by atoms with E-state index in [0.29, 0.717) is 5.56 Å². The fraction of sp³-hybridized carbons (Fsp3) is 0.706. The molecular weight excluding hydrogens is 276 g/mol. The first-order chi connectivity index (χ1) is 10.6. The third kappa shape index (κ3) is 3.29. The maximum absolute atomic E-state index is 12.8. The Morgan fingerprint density at radius 1 is 1.09 bits per heavy atom. The van der Waals surface area contributed by atoms with Gasteiger partial charge in [-0.05, 0) is 45.6 Å². The van der Waals surface area contributed by atoms with Crippen molar-refractivity contribution in [2.45, 2.75) is 39.5 Å². The molecule has 1 aromatic heterocycles. The lowest BCUT2D eigenvalue weighted by molar-refractivity contribution is 0.0756. The van der Waals surface area contributed by atoms with E-state index in [2.05, 4.69) is 14.9 Å². The molecule has 0 atom stereocenters. The summed E-state index contributed by atoms with van der Waals surface area (Å²) >= 11 is 0. The van der Waals surface area contributed by atoms with E-state index in [1.165, 1.54) is 32.1 Å². The highest BCUT2D eigenvalue weighted by Crippen LogP contribution is 2.27. The standard InChI is InChI=1S/C17H26N4O/c1-13-16(14(2)19-12-18-13)17(22)21-8-4-7-20(9-10-21)11-15-5-3-6-15/h12,15H,3-11H2,1-2H3. The molecule has 2 fully saturated rings. The monoisotopic (exact) mass is 302 g/mol. The van der Waals surface area contributed by atoms with Crippen LogP contribution in [0.15, 0.2) is 6.33 Å². The molecule has 22 heavy (non-hydrogen) atoms. The summed E-state index contributed by atoms with van der Waals surface area (Å²) in [6, 6.07) is 0. The van der Waals surface area contributed by atoms with Crippen molar-refractivity contribution in [2.24, 2.45) is 5.92 Å². The molecule has 0 unspecified atom stereocenters. The van der Waals surface area contributed by atoms with Crippen LogP contribution < -0.4 is 0 Å². The fourth-order valence-corrected chi connectivity index (χ4v) is 3.46. The van der Waals surface area contributed by atoms with Crippen molar-refractivity contribution in [3.63, 3.8) is 0 Å². The quantitative estimate of drug-likeness (QED) is 0.857. The van der Waals surface area contributed by atoms with Gasteiger partial charge in [0, 0.05) is 26.2 Å². The summed E-state index contributed by atoms with van der Waals surface area (Å²) in [6.07, 6.45) is 6.77. The Labute approximate surface area is 132 Å². The minimum Gasteiger partial charge on any atom is -0.337 e. The fourth-order valence-electron chi connectivity index (χ4n) is 3.46. The van der Waals surface area contributed by atoms with Gasteiger partial charge < -0.3 is 9.80 Å². The number of carbonyl (C=O) groups excluding carboxylic acids is 1. The van der Waals surface area contributed by atoms with Crippen LogP contribution in [0.5, 0.6) is 0 Å². The maximum atomic E-state index is 12.8. The number of hydrogen-bond acceptors (Lipinski definition) is 4. The largest absolute Gasteiger partial charge is 0.337 e. The van der Waals surface area contributed by atoms with Crippen LogP contribution in [0.4, 0.5) is 0 Å². The zero-order chi connectivity index (χ0) is 15.5. The van der Waals surface area contributed by atoms with E-state index < -0.39 is 0 Å². The normalized spacial score (nSPS) is 20.5. The van der Waals surface area contributed by atoms with Crippen molar-refractivity contribution in [1.82, 2.24) is 19.8 Å². The van der Waals surface area contributed by atoms with Gasteiger partial charge in [-0.15, -0.1) is 0 Å². The van der Waals surface area contributed by atoms with E-state index in [4.69, 9.17) is 0 Å². The van der Waals surface area contributed by atoms with E-state index >= 15 is 0 Å². The van der Waals surface area contributed by atoms with Gasteiger partial charge in [-0.3, -0.25) is 4.79 Å². The summed E-state index contributed by atoms with van der Waals surface area (Å²) < 4.78 is 0. The minimum absolute atomic E-state index is 0.0982. The second kappa shape index (κ2) is 6.73. The Kier molecular flexibility index (Phi) is 4.71. The molecule has 0 bridgehead atoms. The SMILES string of the molecule is Cc1ncnc(C)c1C(=O)N1CCCN(CC2CCC2)CC1. The van der Waals surface area contributed by atoms with Gasteiger partial charge >= 0.3 is 0 Å². The Morgan fingerprint density at radius 2 is 1.82 bits per heavy atom. The summed E-state index contributed by atoms with van der Waals surface area (Å²) in [4.78, 5) is 25.7. The topological polar surface area (TPSA) is 49.3 Å². The Bertz CT molecular complexity index is 521. The molecule has 1 aromatic rings. The molecule has 120 valence electrons. The van der Waals surface area contributed by atoms with Crippen molar-refractivity contribution in [2.75, 3.05) is 32.7 Å². The molecule has 5 heteroatoms. The first-order valence-corrected chi connectivity index (χ1v) is 8.45. The molecule has 1 aliphatic heterocycles. The van der Waals surface area contributed by atoms with Gasteiger partial charge in [-0.1, -0.05) is 6.42 Å². The van der Waals surface area contributed by atoms with Crippen molar-refractivity contribution in [1.29, 1.82) is 0 Å². The second-order valence-corrected chi connectivity index (χ2v) is 6.66. The van der Waals surface area contributed by atoms with E-state index in [-0.39, 0.29) is 5.91 Å². The summed E-state index contributed by atoms with van der Waals surface area (Å²) in [6.45, 7) is 8.77. The van der Waals surface area contributed by atoms with Gasteiger partial charge in [0.1, 0.15) is 6.33 Å². The molecular formula is C17H26N4O. The van der Waals surface area contributed by atoms with Gasteiger partial charge in [0.05, 0.1) is 17.0 Å². The van der Waals surface area contributed by atoms with Gasteiger partial charge in [-0.25, -0.2) is 9.97 Å². The highest BCUT2D eigenvalue weighted by atomic mass is 16.2. The predicted octanol–water partition coefficient (Wildman–Crippen LogP) is 2.04. The van der Waals surface area contributed by atoms with Gasteiger partial charge in [0.15, 0.2) is 0 Å². The third-order valence-electron chi connectivity index (χ3n) is 5.06. The second-order valence-electron chi connectivity index (χ2n) is 6.66. The molecule has 3 rings (SSSR count). The molecule has 0 N–H and O–H groups in total. The summed E-state index contributed by atoms with van der Waals surface area (Å²) in [5.41, 5.74) is 2.26. The van der Waals surface area contributed by atoms with Crippen molar-refractivity contribution in [3.05, 3.63) is 23.3 Å². The number of nitrogens with zero attached hydrogens (tertiary/aromatic N) is 4. The van der Waals surface area contributed by atoms with E-state index in [9.17, 15) is 4.79 Å². The Hall–Kier alpha value is -1.49. The summed E-state index contributed by atoms with van der Waals surface area (Å²) in [5.74, 6) is 0.996. The minimum atomic E-state index is 0.0982. The zero-order valence-electron chi connectivity index (χ0n) is 13.7. The molecule has 5 nitrogen and oxygen atoms in total. The lowest BCUT2D eigenvalue weighted by Gasteiger charge is -2.31. The highest BCUT2D eigenvalue weighted by molar-refractivity contribution is 5.96. The van der Waals surface area contributed by atoms with Crippen LogP contribution >= 0.6 is 0 Å². The Morgan fingerprint density at radius 3 is 2.45 bits per heavy atom. The molecule has 2 aliphatic rings. The van der Waals surface area contributed by atoms with Crippen molar-refractivity contribution >= 4 is 5.91 Å². The smallest absolute Gasteiger partial charge is 0.257 e. The van der Waals surface area contributed by atoms with Gasteiger partial charge in [0.2, 0.25) is 0 Å². The lowest BCUT2D eigenvalue weighted by atomic mass is 9.85. The summed E-state index contributed by atoms with van der Waals surface area (Å²) in [7, 11) is 0. The Balaban J connectivity index is 1.63. The van der Waals surface area contributed by atoms with Gasteiger partial charge in [-0.2, -0.15) is 0 Å². The van der Waals surface area contributed by atoms with Gasteiger partial charge in [0.25, 0.3) is 5.91 Å². The van der Waals surface area contributed by atoms with Crippen LogP contribution in [0, 0.1) is 19.8 Å². The van der Waals surface area contributed by atoms with Crippen molar-refractivity contribution < 1.29 is 4.79 Å². The van der Waals surface area contributed by atoms with Crippen LogP contribution in [0.3, 0.4) is 0 Å². The lowest BCUT2D eigenvalue weighted by Crippen LogP contribution is -2.38. The maximum Gasteiger partial charge on any atom is 0.257 e. The first kappa shape index (κ1) is 15.4. The van der Waals surface area contributed by atoms with Crippen molar-refractivity contribution in [3.8, 4) is 0 Å². The van der Waals surface area contributed by atoms with E-state index in [0.717, 1.165) is 49.9 Å². The number of carbonyl (C=O) groups is 1. The highest BCUT2D eigenvalue weighted by Gasteiger charge is 2.26. The third-order valence-corrected chi connectivity index (χ3v) is 5.06. The molecule has 1 amide bonds. The van der Waals surface area contributed by atoms with Crippen LogP contribution in [0.2, 0.25) is 0 Å². The van der Waals surface area contributed by atoms with Crippen LogP contribution in [-0.2, 0) is 0 Å². The molecule has 1 saturated heterocycles.